The molecule has 0 atom stereocenters. The first-order valence-electron chi connectivity index (χ1n) is 8.66. The Kier molecular flexibility index (Phi) is 5.76. The molecule has 1 saturated heterocycles. The van der Waals surface area contributed by atoms with Crippen LogP contribution in [-0.2, 0) is 14.8 Å². The minimum absolute atomic E-state index is 0.161. The maximum Gasteiger partial charge on any atom is 0.240 e. The number of aromatic nitrogens is 1. The average Bonchev–Trinajstić information content (AvgIpc) is 3.08. The standard InChI is InChI=1S/C18H25N3O4S/c1-14-21-17(11-25-14)15-3-5-16(6-4-15)26(22,23)20-12-18(13-24-2)7-9-19-10-8-18/h3-6,11,19-20H,7-10,12-13H2,1-2H3. The van der Waals surface area contributed by atoms with E-state index in [0.29, 0.717) is 24.7 Å². The molecule has 0 saturated carbocycles. The van der Waals surface area contributed by atoms with Crippen molar-refractivity contribution in [3.05, 3.63) is 36.4 Å². The maximum absolute atomic E-state index is 12.7. The number of piperidine rings is 1. The van der Waals surface area contributed by atoms with E-state index in [1.54, 1.807) is 44.6 Å². The predicted molar refractivity (Wildman–Crippen MR) is 98.3 cm³/mol. The second kappa shape index (κ2) is 7.87. The molecule has 142 valence electrons. The Balaban J connectivity index is 1.71. The van der Waals surface area contributed by atoms with Crippen LogP contribution in [0.5, 0.6) is 0 Å². The van der Waals surface area contributed by atoms with Crippen LogP contribution in [0.2, 0.25) is 0 Å². The highest BCUT2D eigenvalue weighted by molar-refractivity contribution is 7.89. The molecule has 0 bridgehead atoms. The van der Waals surface area contributed by atoms with Gasteiger partial charge in [-0.1, -0.05) is 12.1 Å². The number of oxazole rings is 1. The summed E-state index contributed by atoms with van der Waals surface area (Å²) in [6.45, 7) is 4.42. The molecule has 1 aliphatic rings. The van der Waals surface area contributed by atoms with Crippen molar-refractivity contribution in [3.8, 4) is 11.3 Å². The molecule has 1 fully saturated rings. The molecule has 7 nitrogen and oxygen atoms in total. The molecule has 0 amide bonds. The molecule has 0 aliphatic carbocycles. The van der Waals surface area contributed by atoms with Gasteiger partial charge in [0.05, 0.1) is 11.5 Å². The Morgan fingerprint density at radius 1 is 1.27 bits per heavy atom. The normalized spacial score (nSPS) is 17.3. The van der Waals surface area contributed by atoms with Crippen LogP contribution in [-0.4, -0.2) is 46.8 Å². The number of aryl methyl sites for hydroxylation is 1. The summed E-state index contributed by atoms with van der Waals surface area (Å²) in [6, 6.07) is 6.66. The van der Waals surface area contributed by atoms with E-state index in [1.165, 1.54) is 0 Å². The number of nitrogens with zero attached hydrogens (tertiary/aromatic N) is 1. The number of rotatable bonds is 7. The van der Waals surface area contributed by atoms with Crippen molar-refractivity contribution in [1.82, 2.24) is 15.0 Å². The average molecular weight is 379 g/mol. The number of hydrogen-bond acceptors (Lipinski definition) is 6. The molecule has 2 N–H and O–H groups in total. The SMILES string of the molecule is COCC1(CNS(=O)(=O)c2ccc(-c3coc(C)n3)cc2)CCNCC1. The summed E-state index contributed by atoms with van der Waals surface area (Å²) in [5.74, 6) is 0.573. The van der Waals surface area contributed by atoms with Gasteiger partial charge in [0.25, 0.3) is 0 Å². The quantitative estimate of drug-likeness (QED) is 0.764. The number of ether oxygens (including phenoxy) is 1. The molecule has 2 heterocycles. The lowest BCUT2D eigenvalue weighted by Gasteiger charge is -2.37. The van der Waals surface area contributed by atoms with Gasteiger partial charge in [-0.15, -0.1) is 0 Å². The Hall–Kier alpha value is -1.74. The third kappa shape index (κ3) is 4.32. The molecule has 26 heavy (non-hydrogen) atoms. The largest absolute Gasteiger partial charge is 0.449 e. The zero-order chi connectivity index (χ0) is 18.6. The third-order valence-electron chi connectivity index (χ3n) is 4.83. The van der Waals surface area contributed by atoms with E-state index in [0.717, 1.165) is 31.5 Å². The van der Waals surface area contributed by atoms with Crippen LogP contribution in [0.4, 0.5) is 0 Å². The van der Waals surface area contributed by atoms with Crippen molar-refractivity contribution in [3.63, 3.8) is 0 Å². The molecule has 1 aromatic carbocycles. The Morgan fingerprint density at radius 3 is 2.54 bits per heavy atom. The fourth-order valence-electron chi connectivity index (χ4n) is 3.27. The Labute approximate surface area is 154 Å². The van der Waals surface area contributed by atoms with Crippen LogP contribution >= 0.6 is 0 Å². The fraction of sp³-hybridized carbons (Fsp3) is 0.500. The summed E-state index contributed by atoms with van der Waals surface area (Å²) in [7, 11) is -1.92. The number of sulfonamides is 1. The van der Waals surface area contributed by atoms with Crippen molar-refractivity contribution in [2.45, 2.75) is 24.7 Å². The molecule has 2 aromatic rings. The maximum atomic E-state index is 12.7. The number of hydrogen-bond donors (Lipinski definition) is 2. The van der Waals surface area contributed by atoms with Gasteiger partial charge in [0.15, 0.2) is 5.89 Å². The smallest absolute Gasteiger partial charge is 0.240 e. The van der Waals surface area contributed by atoms with Gasteiger partial charge in [0.2, 0.25) is 10.0 Å². The van der Waals surface area contributed by atoms with E-state index in [2.05, 4.69) is 15.0 Å². The summed E-state index contributed by atoms with van der Waals surface area (Å²) >= 11 is 0. The molecule has 8 heteroatoms. The molecular weight excluding hydrogens is 354 g/mol. The molecule has 3 rings (SSSR count). The topological polar surface area (TPSA) is 93.5 Å². The van der Waals surface area contributed by atoms with Gasteiger partial charge < -0.3 is 14.5 Å². The number of methoxy groups -OCH3 is 1. The zero-order valence-electron chi connectivity index (χ0n) is 15.1. The third-order valence-corrected chi connectivity index (χ3v) is 6.25. The van der Waals surface area contributed by atoms with Crippen molar-refractivity contribution in [2.24, 2.45) is 5.41 Å². The van der Waals surface area contributed by atoms with Gasteiger partial charge in [0, 0.05) is 31.6 Å². The highest BCUT2D eigenvalue weighted by Crippen LogP contribution is 2.29. The molecular formula is C18H25N3O4S. The Bertz CT molecular complexity index is 819. The molecule has 0 spiro atoms. The fourth-order valence-corrected chi connectivity index (χ4v) is 4.42. The second-order valence-corrected chi connectivity index (χ2v) is 8.55. The van der Waals surface area contributed by atoms with E-state index >= 15 is 0 Å². The summed E-state index contributed by atoms with van der Waals surface area (Å²) in [5.41, 5.74) is 1.34. The molecule has 1 aromatic heterocycles. The van der Waals surface area contributed by atoms with Crippen LogP contribution in [0.1, 0.15) is 18.7 Å². The summed E-state index contributed by atoms with van der Waals surface area (Å²) in [5, 5.41) is 3.30. The zero-order valence-corrected chi connectivity index (χ0v) is 15.9. The first kappa shape index (κ1) is 19.0. The first-order valence-corrected chi connectivity index (χ1v) is 10.1. The second-order valence-electron chi connectivity index (χ2n) is 6.78. The molecule has 0 unspecified atom stereocenters. The van der Waals surface area contributed by atoms with Crippen molar-refractivity contribution < 1.29 is 17.6 Å². The van der Waals surface area contributed by atoms with Gasteiger partial charge in [-0.3, -0.25) is 0 Å². The van der Waals surface area contributed by atoms with Crippen LogP contribution in [0.25, 0.3) is 11.3 Å². The van der Waals surface area contributed by atoms with Crippen molar-refractivity contribution in [1.29, 1.82) is 0 Å². The first-order chi connectivity index (χ1) is 12.4. The lowest BCUT2D eigenvalue weighted by atomic mass is 9.80. The van der Waals surface area contributed by atoms with Crippen LogP contribution in [0, 0.1) is 12.3 Å². The summed E-state index contributed by atoms with van der Waals surface area (Å²) in [4.78, 5) is 4.49. The van der Waals surface area contributed by atoms with Crippen LogP contribution in [0.15, 0.2) is 39.8 Å². The Morgan fingerprint density at radius 2 is 1.96 bits per heavy atom. The van der Waals surface area contributed by atoms with Crippen molar-refractivity contribution >= 4 is 10.0 Å². The monoisotopic (exact) mass is 379 g/mol. The van der Waals surface area contributed by atoms with E-state index in [1.807, 2.05) is 0 Å². The van der Waals surface area contributed by atoms with Crippen LogP contribution < -0.4 is 10.0 Å². The van der Waals surface area contributed by atoms with E-state index in [4.69, 9.17) is 9.15 Å². The highest BCUT2D eigenvalue weighted by Gasteiger charge is 2.33. The minimum Gasteiger partial charge on any atom is -0.449 e. The van der Waals surface area contributed by atoms with E-state index in [9.17, 15) is 8.42 Å². The van der Waals surface area contributed by atoms with Gasteiger partial charge in [-0.05, 0) is 38.1 Å². The van der Waals surface area contributed by atoms with Crippen molar-refractivity contribution in [2.75, 3.05) is 33.4 Å². The van der Waals surface area contributed by atoms with Gasteiger partial charge in [0.1, 0.15) is 12.0 Å². The lowest BCUT2D eigenvalue weighted by Crippen LogP contribution is -2.47. The summed E-state index contributed by atoms with van der Waals surface area (Å²) in [6.07, 6.45) is 3.32. The molecule has 1 aliphatic heterocycles. The van der Waals surface area contributed by atoms with Gasteiger partial charge >= 0.3 is 0 Å². The number of nitrogens with one attached hydrogen (secondary N) is 2. The summed E-state index contributed by atoms with van der Waals surface area (Å²) < 4.78 is 38.6. The van der Waals surface area contributed by atoms with Crippen LogP contribution in [0.3, 0.4) is 0 Å². The predicted octanol–water partition coefficient (Wildman–Crippen LogP) is 1.94. The minimum atomic E-state index is -3.58. The molecule has 0 radical (unpaired) electrons. The number of benzene rings is 1. The van der Waals surface area contributed by atoms with E-state index in [-0.39, 0.29) is 10.3 Å². The highest BCUT2D eigenvalue weighted by atomic mass is 32.2. The van der Waals surface area contributed by atoms with Gasteiger partial charge in [-0.25, -0.2) is 18.1 Å². The lowest BCUT2D eigenvalue weighted by molar-refractivity contribution is 0.0577. The van der Waals surface area contributed by atoms with E-state index < -0.39 is 10.0 Å². The van der Waals surface area contributed by atoms with Gasteiger partial charge in [-0.2, -0.15) is 0 Å².